The number of aryl methyl sites for hydroxylation is 1. The molecular weight excluding hydrogens is 298 g/mol. The van der Waals surface area contributed by atoms with Gasteiger partial charge in [0.05, 0.1) is 22.4 Å². The molecule has 1 N–H and O–H groups in total. The van der Waals surface area contributed by atoms with E-state index in [4.69, 9.17) is 5.11 Å². The first-order chi connectivity index (χ1) is 8.50. The van der Waals surface area contributed by atoms with E-state index >= 15 is 0 Å². The maximum atomic E-state index is 11.1. The monoisotopic (exact) mass is 309 g/mol. The van der Waals surface area contributed by atoms with Crippen molar-refractivity contribution in [2.24, 2.45) is 0 Å². The molecule has 2 rings (SSSR count). The molecule has 6 heteroatoms. The number of nitrogens with zero attached hydrogens (tertiary/aromatic N) is 3. The molecule has 0 radical (unpaired) electrons. The largest absolute Gasteiger partial charge is 0.477 e. The van der Waals surface area contributed by atoms with Crippen LogP contribution in [0.3, 0.4) is 0 Å². The number of carbonyl (C=O) groups is 1. The first-order valence-corrected chi connectivity index (χ1v) is 6.16. The van der Waals surface area contributed by atoms with E-state index < -0.39 is 5.97 Å². The Morgan fingerprint density at radius 2 is 2.22 bits per heavy atom. The summed E-state index contributed by atoms with van der Waals surface area (Å²) in [7, 11) is 0. The summed E-state index contributed by atoms with van der Waals surface area (Å²) in [5.74, 6) is -1.02. The summed E-state index contributed by atoms with van der Waals surface area (Å²) >= 11 is 3.45. The summed E-state index contributed by atoms with van der Waals surface area (Å²) in [6, 6.07) is 3.48. The molecule has 0 unspecified atom stereocenters. The van der Waals surface area contributed by atoms with Crippen molar-refractivity contribution < 1.29 is 9.90 Å². The minimum Gasteiger partial charge on any atom is -0.477 e. The van der Waals surface area contributed by atoms with Gasteiger partial charge in [-0.15, -0.1) is 0 Å². The van der Waals surface area contributed by atoms with Gasteiger partial charge in [-0.05, 0) is 35.8 Å². The third kappa shape index (κ3) is 2.28. The maximum Gasteiger partial charge on any atom is 0.354 e. The summed E-state index contributed by atoms with van der Waals surface area (Å²) in [5, 5.41) is 13.4. The van der Waals surface area contributed by atoms with Crippen LogP contribution in [0.25, 0.3) is 0 Å². The van der Waals surface area contributed by atoms with Crippen LogP contribution < -0.4 is 0 Å². The molecular formula is C12H12BrN3O2. The molecule has 0 fully saturated rings. The first-order valence-electron chi connectivity index (χ1n) is 5.37. The fraction of sp³-hybridized carbons (Fsp3) is 0.250. The van der Waals surface area contributed by atoms with Crippen molar-refractivity contribution in [3.05, 3.63) is 45.4 Å². The highest BCUT2D eigenvalue weighted by molar-refractivity contribution is 9.10. The number of aromatic nitrogens is 3. The molecule has 94 valence electrons. The van der Waals surface area contributed by atoms with E-state index in [2.05, 4.69) is 26.0 Å². The lowest BCUT2D eigenvalue weighted by atomic mass is 10.2. The Labute approximate surface area is 113 Å². The second-order valence-electron chi connectivity index (χ2n) is 3.96. The number of carboxylic acid groups (broad SMARTS) is 1. The quantitative estimate of drug-likeness (QED) is 0.945. The lowest BCUT2D eigenvalue weighted by molar-refractivity contribution is 0.0689. The number of hydrogen-bond acceptors (Lipinski definition) is 3. The number of halogens is 1. The Balaban J connectivity index is 2.40. The molecule has 18 heavy (non-hydrogen) atoms. The van der Waals surface area contributed by atoms with Crippen molar-refractivity contribution >= 4 is 21.9 Å². The van der Waals surface area contributed by atoms with Gasteiger partial charge >= 0.3 is 5.97 Å². The van der Waals surface area contributed by atoms with Crippen molar-refractivity contribution in [1.82, 2.24) is 14.8 Å². The molecule has 0 spiro atoms. The number of rotatable bonds is 3. The van der Waals surface area contributed by atoms with Crippen LogP contribution >= 0.6 is 15.9 Å². The van der Waals surface area contributed by atoms with E-state index in [1.54, 1.807) is 16.8 Å². The molecule has 0 aromatic carbocycles. The molecule has 0 bridgehead atoms. The molecule has 5 nitrogen and oxygen atoms in total. The van der Waals surface area contributed by atoms with E-state index in [1.807, 2.05) is 13.8 Å². The highest BCUT2D eigenvalue weighted by Crippen LogP contribution is 2.21. The zero-order valence-electron chi connectivity index (χ0n) is 10.0. The summed E-state index contributed by atoms with van der Waals surface area (Å²) in [6.45, 7) is 4.23. The van der Waals surface area contributed by atoms with Crippen LogP contribution in [0.4, 0.5) is 0 Å². The Kier molecular flexibility index (Phi) is 3.47. The zero-order valence-corrected chi connectivity index (χ0v) is 11.6. The molecule has 0 saturated heterocycles. The highest BCUT2D eigenvalue weighted by atomic mass is 79.9. The number of pyridine rings is 1. The first kappa shape index (κ1) is 12.8. The average molecular weight is 310 g/mol. The van der Waals surface area contributed by atoms with Gasteiger partial charge in [-0.25, -0.2) is 9.78 Å². The summed E-state index contributed by atoms with van der Waals surface area (Å²) in [4.78, 5) is 14.9. The second kappa shape index (κ2) is 4.89. The van der Waals surface area contributed by atoms with Gasteiger partial charge in [-0.3, -0.25) is 4.68 Å². The molecule has 0 aliphatic heterocycles. The van der Waals surface area contributed by atoms with E-state index in [0.29, 0.717) is 12.1 Å². The molecule has 0 amide bonds. The summed E-state index contributed by atoms with van der Waals surface area (Å²) in [5.41, 5.74) is 2.56. The highest BCUT2D eigenvalue weighted by Gasteiger charge is 2.14. The smallest absolute Gasteiger partial charge is 0.354 e. The van der Waals surface area contributed by atoms with Crippen LogP contribution in [-0.2, 0) is 6.54 Å². The third-order valence-corrected chi connectivity index (χ3v) is 3.85. The van der Waals surface area contributed by atoms with Gasteiger partial charge in [-0.1, -0.05) is 6.07 Å². The van der Waals surface area contributed by atoms with Gasteiger partial charge < -0.3 is 5.11 Å². The van der Waals surface area contributed by atoms with Crippen LogP contribution in [0.5, 0.6) is 0 Å². The minimum atomic E-state index is -1.02. The second-order valence-corrected chi connectivity index (χ2v) is 4.75. The molecule has 0 atom stereocenters. The molecule has 0 saturated carbocycles. The van der Waals surface area contributed by atoms with Crippen molar-refractivity contribution in [1.29, 1.82) is 0 Å². The van der Waals surface area contributed by atoms with Gasteiger partial charge in [0.1, 0.15) is 0 Å². The Morgan fingerprint density at radius 1 is 1.50 bits per heavy atom. The molecule has 2 heterocycles. The molecule has 2 aromatic heterocycles. The normalized spacial score (nSPS) is 10.6. The van der Waals surface area contributed by atoms with Crippen molar-refractivity contribution in [3.63, 3.8) is 0 Å². The Bertz CT molecular complexity index is 607. The standard InChI is InChI=1S/C12H12BrN3O2/c1-7-10(13)8(2)16(15-7)6-9-4-3-5-14-11(9)12(17)18/h3-5H,6H2,1-2H3,(H,17,18). The van der Waals surface area contributed by atoms with E-state index in [-0.39, 0.29) is 5.69 Å². The van der Waals surface area contributed by atoms with Gasteiger partial charge in [0, 0.05) is 11.8 Å². The van der Waals surface area contributed by atoms with Gasteiger partial charge in [0.25, 0.3) is 0 Å². The van der Waals surface area contributed by atoms with Crippen LogP contribution in [0.2, 0.25) is 0 Å². The van der Waals surface area contributed by atoms with Crippen molar-refractivity contribution in [2.75, 3.05) is 0 Å². The minimum absolute atomic E-state index is 0.0705. The van der Waals surface area contributed by atoms with Gasteiger partial charge in [-0.2, -0.15) is 5.10 Å². The van der Waals surface area contributed by atoms with Gasteiger partial charge in [0.15, 0.2) is 5.69 Å². The fourth-order valence-electron chi connectivity index (χ4n) is 1.75. The predicted octanol–water partition coefficient (Wildman–Crippen LogP) is 2.40. The summed E-state index contributed by atoms with van der Waals surface area (Å²) in [6.07, 6.45) is 1.48. The van der Waals surface area contributed by atoms with E-state index in [9.17, 15) is 4.79 Å². The predicted molar refractivity (Wildman–Crippen MR) is 69.7 cm³/mol. The molecule has 2 aromatic rings. The third-order valence-electron chi connectivity index (χ3n) is 2.71. The number of carboxylic acids is 1. The van der Waals surface area contributed by atoms with Crippen LogP contribution in [-0.4, -0.2) is 25.8 Å². The van der Waals surface area contributed by atoms with Crippen molar-refractivity contribution in [3.8, 4) is 0 Å². The summed E-state index contributed by atoms with van der Waals surface area (Å²) < 4.78 is 2.71. The molecule has 0 aliphatic rings. The fourth-order valence-corrected chi connectivity index (χ4v) is 2.03. The van der Waals surface area contributed by atoms with Crippen LogP contribution in [0, 0.1) is 13.8 Å². The Hall–Kier alpha value is -1.69. The Morgan fingerprint density at radius 3 is 2.78 bits per heavy atom. The lowest BCUT2D eigenvalue weighted by Crippen LogP contribution is -2.11. The average Bonchev–Trinajstić information content (AvgIpc) is 2.57. The number of hydrogen-bond donors (Lipinski definition) is 1. The van der Waals surface area contributed by atoms with Crippen LogP contribution in [0.1, 0.15) is 27.4 Å². The zero-order chi connectivity index (χ0) is 13.3. The van der Waals surface area contributed by atoms with Crippen molar-refractivity contribution in [2.45, 2.75) is 20.4 Å². The van der Waals surface area contributed by atoms with E-state index in [1.165, 1.54) is 6.20 Å². The molecule has 0 aliphatic carbocycles. The maximum absolute atomic E-state index is 11.1. The number of aromatic carboxylic acids is 1. The van der Waals surface area contributed by atoms with E-state index in [0.717, 1.165) is 15.9 Å². The topological polar surface area (TPSA) is 68.0 Å². The van der Waals surface area contributed by atoms with Gasteiger partial charge in [0.2, 0.25) is 0 Å². The SMILES string of the molecule is Cc1nn(Cc2cccnc2C(=O)O)c(C)c1Br. The van der Waals surface area contributed by atoms with Crippen LogP contribution in [0.15, 0.2) is 22.8 Å². The lowest BCUT2D eigenvalue weighted by Gasteiger charge is -2.07.